The number of carbonyl (C=O) groups is 1. The third-order valence-electron chi connectivity index (χ3n) is 3.63. The van der Waals surface area contributed by atoms with Crippen LogP contribution in [0.1, 0.15) is 11.1 Å². The summed E-state index contributed by atoms with van der Waals surface area (Å²) in [4.78, 5) is 12.2. The van der Waals surface area contributed by atoms with Crippen LogP contribution in [0.5, 0.6) is 0 Å². The molecule has 0 aliphatic heterocycles. The van der Waals surface area contributed by atoms with Gasteiger partial charge in [-0.15, -0.1) is 0 Å². The van der Waals surface area contributed by atoms with Crippen molar-refractivity contribution in [2.24, 2.45) is 0 Å². The van der Waals surface area contributed by atoms with E-state index in [1.165, 1.54) is 0 Å². The predicted octanol–water partition coefficient (Wildman–Crippen LogP) is 4.18. The highest BCUT2D eigenvalue weighted by atomic mass is 19.2. The molecule has 0 aliphatic rings. The number of carbonyl (C=O) groups excluding carboxylic acids is 1. The van der Waals surface area contributed by atoms with Gasteiger partial charge in [-0.05, 0) is 43.2 Å². The Kier molecular flexibility index (Phi) is 5.45. The second-order valence-corrected chi connectivity index (χ2v) is 5.24. The van der Waals surface area contributed by atoms with Gasteiger partial charge in [0.2, 0.25) is 0 Å². The van der Waals surface area contributed by atoms with Gasteiger partial charge < -0.3 is 10.6 Å². The van der Waals surface area contributed by atoms with E-state index in [0.717, 1.165) is 29.5 Å². The number of benzene rings is 2. The number of nitriles is 1. The lowest BCUT2D eigenvalue weighted by Gasteiger charge is -2.10. The van der Waals surface area contributed by atoms with Crippen LogP contribution in [-0.4, -0.2) is 5.91 Å². The number of amides is 1. The summed E-state index contributed by atoms with van der Waals surface area (Å²) in [6, 6.07) is 8.67. The summed E-state index contributed by atoms with van der Waals surface area (Å²) in [7, 11) is 0. The van der Waals surface area contributed by atoms with Gasteiger partial charge in [-0.25, -0.2) is 13.2 Å². The average molecular weight is 345 g/mol. The summed E-state index contributed by atoms with van der Waals surface area (Å²) in [5.74, 6) is -5.13. The molecular formula is C18H14F3N3O. The van der Waals surface area contributed by atoms with Crippen LogP contribution in [0.25, 0.3) is 0 Å². The Morgan fingerprint density at radius 3 is 2.48 bits per heavy atom. The number of nitrogens with one attached hydrogen (secondary N) is 2. The molecule has 7 heteroatoms. The van der Waals surface area contributed by atoms with Gasteiger partial charge in [-0.1, -0.05) is 12.1 Å². The Balaban J connectivity index is 2.20. The first-order valence-corrected chi connectivity index (χ1v) is 7.23. The zero-order valence-corrected chi connectivity index (χ0v) is 13.5. The molecule has 1 amide bonds. The maximum Gasteiger partial charge on any atom is 0.267 e. The van der Waals surface area contributed by atoms with Crippen LogP contribution >= 0.6 is 0 Å². The van der Waals surface area contributed by atoms with Crippen LogP contribution in [0.4, 0.5) is 24.5 Å². The lowest BCUT2D eigenvalue weighted by Crippen LogP contribution is -2.15. The lowest BCUT2D eigenvalue weighted by molar-refractivity contribution is -0.112. The molecule has 25 heavy (non-hydrogen) atoms. The molecular weight excluding hydrogens is 331 g/mol. The van der Waals surface area contributed by atoms with Crippen molar-refractivity contribution in [2.45, 2.75) is 13.8 Å². The van der Waals surface area contributed by atoms with Gasteiger partial charge in [0, 0.05) is 11.9 Å². The minimum absolute atomic E-state index is 0.356. The normalized spacial score (nSPS) is 11.0. The largest absolute Gasteiger partial charge is 0.358 e. The first-order valence-electron chi connectivity index (χ1n) is 7.23. The Bertz CT molecular complexity index is 901. The van der Waals surface area contributed by atoms with Crippen molar-refractivity contribution in [1.29, 1.82) is 5.26 Å². The Morgan fingerprint density at radius 1 is 1.08 bits per heavy atom. The van der Waals surface area contributed by atoms with Crippen molar-refractivity contribution in [1.82, 2.24) is 0 Å². The fourth-order valence-corrected chi connectivity index (χ4v) is 2.01. The van der Waals surface area contributed by atoms with E-state index in [1.807, 2.05) is 19.9 Å². The molecule has 128 valence electrons. The highest BCUT2D eigenvalue weighted by Gasteiger charge is 2.14. The molecule has 0 saturated carbocycles. The summed E-state index contributed by atoms with van der Waals surface area (Å²) < 4.78 is 39.6. The highest BCUT2D eigenvalue weighted by Crippen LogP contribution is 2.21. The summed E-state index contributed by atoms with van der Waals surface area (Å²) >= 11 is 0. The molecule has 0 atom stereocenters. The van der Waals surface area contributed by atoms with Crippen molar-refractivity contribution in [3.05, 3.63) is 70.7 Å². The molecule has 2 rings (SSSR count). The molecule has 2 aromatic carbocycles. The monoisotopic (exact) mass is 345 g/mol. The molecule has 0 radical (unpaired) electrons. The van der Waals surface area contributed by atoms with E-state index in [9.17, 15) is 18.0 Å². The van der Waals surface area contributed by atoms with Crippen LogP contribution in [0.3, 0.4) is 0 Å². The molecule has 0 unspecified atom stereocenters. The lowest BCUT2D eigenvalue weighted by atomic mass is 10.1. The summed E-state index contributed by atoms with van der Waals surface area (Å²) in [6.07, 6.45) is 0.927. The number of nitrogens with zero attached hydrogens (tertiary/aromatic N) is 1. The van der Waals surface area contributed by atoms with E-state index in [4.69, 9.17) is 5.26 Å². The molecule has 2 aromatic rings. The second kappa shape index (κ2) is 7.53. The fraction of sp³-hybridized carbons (Fsp3) is 0.111. The summed E-state index contributed by atoms with van der Waals surface area (Å²) in [5.41, 5.74) is 1.58. The highest BCUT2D eigenvalue weighted by molar-refractivity contribution is 6.07. The minimum atomic E-state index is -1.64. The molecule has 0 fully saturated rings. The first kappa shape index (κ1) is 18.1. The van der Waals surface area contributed by atoms with Crippen LogP contribution in [0.15, 0.2) is 42.1 Å². The van der Waals surface area contributed by atoms with Gasteiger partial charge in [-0.2, -0.15) is 5.26 Å². The number of rotatable bonds is 4. The van der Waals surface area contributed by atoms with Crippen LogP contribution < -0.4 is 10.6 Å². The Hall–Kier alpha value is -3.27. The Labute approximate surface area is 142 Å². The topological polar surface area (TPSA) is 64.9 Å². The standard InChI is InChI=1S/C18H14F3N3O/c1-10-4-3-5-14(11(10)2)24-18(25)12(8-22)9-23-15-7-6-13(19)16(20)17(15)21/h3-7,9,23H,1-2H3,(H,24,25)/b12-9-. The quantitative estimate of drug-likeness (QED) is 0.496. The fourth-order valence-electron chi connectivity index (χ4n) is 2.01. The molecule has 2 N–H and O–H groups in total. The van der Waals surface area contributed by atoms with E-state index in [-0.39, 0.29) is 5.57 Å². The maximum atomic E-state index is 13.6. The molecule has 0 bridgehead atoms. The zero-order valence-electron chi connectivity index (χ0n) is 13.5. The van der Waals surface area contributed by atoms with Crippen molar-refractivity contribution in [3.63, 3.8) is 0 Å². The molecule has 0 aliphatic carbocycles. The van der Waals surface area contributed by atoms with Gasteiger partial charge in [0.25, 0.3) is 5.91 Å². The van der Waals surface area contributed by atoms with Gasteiger partial charge in [0.05, 0.1) is 5.69 Å². The summed E-state index contributed by atoms with van der Waals surface area (Å²) in [5, 5.41) is 14.0. The summed E-state index contributed by atoms with van der Waals surface area (Å²) in [6.45, 7) is 3.69. The van der Waals surface area contributed by atoms with Crippen molar-refractivity contribution >= 4 is 17.3 Å². The van der Waals surface area contributed by atoms with Crippen LogP contribution in [0.2, 0.25) is 0 Å². The predicted molar refractivity (Wildman–Crippen MR) is 88.2 cm³/mol. The smallest absolute Gasteiger partial charge is 0.267 e. The number of halogens is 3. The van der Waals surface area contributed by atoms with E-state index in [2.05, 4.69) is 10.6 Å². The minimum Gasteiger partial charge on any atom is -0.358 e. The number of hydrogen-bond donors (Lipinski definition) is 2. The van der Waals surface area contributed by atoms with Crippen molar-refractivity contribution in [3.8, 4) is 6.07 Å². The van der Waals surface area contributed by atoms with Gasteiger partial charge in [0.1, 0.15) is 11.6 Å². The number of anilines is 2. The Morgan fingerprint density at radius 2 is 1.80 bits per heavy atom. The van der Waals surface area contributed by atoms with Crippen LogP contribution in [-0.2, 0) is 4.79 Å². The zero-order chi connectivity index (χ0) is 18.6. The van der Waals surface area contributed by atoms with E-state index >= 15 is 0 Å². The van der Waals surface area contributed by atoms with E-state index in [0.29, 0.717) is 5.69 Å². The first-order chi connectivity index (χ1) is 11.8. The maximum absolute atomic E-state index is 13.6. The van der Waals surface area contributed by atoms with E-state index in [1.54, 1.807) is 18.2 Å². The molecule has 4 nitrogen and oxygen atoms in total. The molecule has 0 saturated heterocycles. The number of aryl methyl sites for hydroxylation is 1. The van der Waals surface area contributed by atoms with Gasteiger partial charge in [0.15, 0.2) is 17.5 Å². The third kappa shape index (κ3) is 3.98. The van der Waals surface area contributed by atoms with Gasteiger partial charge >= 0.3 is 0 Å². The SMILES string of the molecule is Cc1cccc(NC(=O)/C(C#N)=C\Nc2ccc(F)c(F)c2F)c1C. The van der Waals surface area contributed by atoms with Gasteiger partial charge in [-0.3, -0.25) is 4.79 Å². The van der Waals surface area contributed by atoms with Crippen molar-refractivity contribution < 1.29 is 18.0 Å². The third-order valence-corrected chi connectivity index (χ3v) is 3.63. The molecule has 0 spiro atoms. The van der Waals surface area contributed by atoms with Crippen LogP contribution in [0, 0.1) is 42.6 Å². The van der Waals surface area contributed by atoms with E-state index < -0.39 is 29.0 Å². The van der Waals surface area contributed by atoms with Crippen molar-refractivity contribution in [2.75, 3.05) is 10.6 Å². The average Bonchev–Trinajstić information content (AvgIpc) is 2.59. The second-order valence-electron chi connectivity index (χ2n) is 5.24. The number of hydrogen-bond acceptors (Lipinski definition) is 3. The molecule has 0 heterocycles. The molecule has 0 aromatic heterocycles.